The van der Waals surface area contributed by atoms with E-state index in [2.05, 4.69) is 20.6 Å². The molecule has 0 fully saturated rings. The maximum Gasteiger partial charge on any atom is 0.254 e. The van der Waals surface area contributed by atoms with E-state index in [4.69, 9.17) is 0 Å². The lowest BCUT2D eigenvalue weighted by molar-refractivity contribution is 0.0947. The summed E-state index contributed by atoms with van der Waals surface area (Å²) in [4.78, 5) is 19.5. The zero-order valence-electron chi connectivity index (χ0n) is 10.4. The van der Waals surface area contributed by atoms with Crippen LogP contribution in [0.1, 0.15) is 15.9 Å². The van der Waals surface area contributed by atoms with E-state index < -0.39 is 11.7 Å². The molecule has 0 spiro atoms. The monoisotopic (exact) mass is 260 g/mol. The number of carbonyl (C=O) groups is 1. The van der Waals surface area contributed by atoms with Gasteiger partial charge in [0.1, 0.15) is 0 Å². The Bertz CT molecular complexity index is 574. The number of aromatic nitrogens is 2. The van der Waals surface area contributed by atoms with Crippen molar-refractivity contribution in [2.45, 2.75) is 6.54 Å². The third kappa shape index (κ3) is 3.04. The molecule has 2 heterocycles. The SMILES string of the molecule is CNc1nccc(C(=O)NCc2ccncc2)c1F. The van der Waals surface area contributed by atoms with Gasteiger partial charge in [0.2, 0.25) is 0 Å². The number of anilines is 1. The summed E-state index contributed by atoms with van der Waals surface area (Å²) in [7, 11) is 1.55. The summed E-state index contributed by atoms with van der Waals surface area (Å²) in [6.07, 6.45) is 4.65. The van der Waals surface area contributed by atoms with Crippen LogP contribution in [0, 0.1) is 5.82 Å². The molecule has 0 saturated heterocycles. The van der Waals surface area contributed by atoms with Crippen molar-refractivity contribution in [3.63, 3.8) is 0 Å². The van der Waals surface area contributed by atoms with Crippen molar-refractivity contribution in [3.8, 4) is 0 Å². The van der Waals surface area contributed by atoms with Crippen molar-refractivity contribution in [1.82, 2.24) is 15.3 Å². The molecule has 0 saturated carbocycles. The molecule has 0 bridgehead atoms. The minimum atomic E-state index is -0.655. The Balaban J connectivity index is 2.08. The highest BCUT2D eigenvalue weighted by molar-refractivity contribution is 5.95. The Hall–Kier alpha value is -2.50. The first-order valence-corrected chi connectivity index (χ1v) is 5.71. The number of hydrogen-bond donors (Lipinski definition) is 2. The van der Waals surface area contributed by atoms with E-state index in [1.54, 1.807) is 31.6 Å². The maximum absolute atomic E-state index is 13.9. The predicted octanol–water partition coefficient (Wildman–Crippen LogP) is 1.59. The Morgan fingerprint density at radius 1 is 1.26 bits per heavy atom. The largest absolute Gasteiger partial charge is 0.371 e. The second-order valence-corrected chi connectivity index (χ2v) is 3.81. The van der Waals surface area contributed by atoms with Crippen LogP contribution in [-0.2, 0) is 6.54 Å². The van der Waals surface area contributed by atoms with Crippen molar-refractivity contribution in [2.24, 2.45) is 0 Å². The summed E-state index contributed by atoms with van der Waals surface area (Å²) >= 11 is 0. The van der Waals surface area contributed by atoms with E-state index in [1.807, 2.05) is 0 Å². The molecule has 0 atom stereocenters. The number of pyridine rings is 2. The van der Waals surface area contributed by atoms with Gasteiger partial charge in [0.15, 0.2) is 11.6 Å². The smallest absolute Gasteiger partial charge is 0.254 e. The molecule has 6 heteroatoms. The van der Waals surface area contributed by atoms with E-state index in [0.717, 1.165) is 5.56 Å². The molecular formula is C13H13FN4O. The Morgan fingerprint density at radius 3 is 2.68 bits per heavy atom. The molecule has 0 aliphatic carbocycles. The van der Waals surface area contributed by atoms with Crippen LogP contribution in [0.15, 0.2) is 36.8 Å². The van der Waals surface area contributed by atoms with Gasteiger partial charge >= 0.3 is 0 Å². The first-order chi connectivity index (χ1) is 9.22. The minimum Gasteiger partial charge on any atom is -0.371 e. The molecule has 98 valence electrons. The van der Waals surface area contributed by atoms with Crippen LogP contribution in [0.3, 0.4) is 0 Å². The van der Waals surface area contributed by atoms with Gasteiger partial charge in [-0.1, -0.05) is 0 Å². The lowest BCUT2D eigenvalue weighted by Gasteiger charge is -2.08. The number of nitrogens with one attached hydrogen (secondary N) is 2. The first-order valence-electron chi connectivity index (χ1n) is 5.71. The topological polar surface area (TPSA) is 66.9 Å². The number of nitrogens with zero attached hydrogens (tertiary/aromatic N) is 2. The number of rotatable bonds is 4. The molecule has 19 heavy (non-hydrogen) atoms. The van der Waals surface area contributed by atoms with Gasteiger partial charge in [-0.3, -0.25) is 9.78 Å². The fraction of sp³-hybridized carbons (Fsp3) is 0.154. The van der Waals surface area contributed by atoms with Gasteiger partial charge in [-0.05, 0) is 23.8 Å². The van der Waals surface area contributed by atoms with Crippen molar-refractivity contribution in [3.05, 3.63) is 53.7 Å². The zero-order valence-corrected chi connectivity index (χ0v) is 10.4. The summed E-state index contributed by atoms with van der Waals surface area (Å²) in [5.41, 5.74) is 0.861. The van der Waals surface area contributed by atoms with E-state index in [1.165, 1.54) is 12.3 Å². The summed E-state index contributed by atoms with van der Waals surface area (Å²) in [5.74, 6) is -1.08. The molecule has 2 aromatic heterocycles. The van der Waals surface area contributed by atoms with E-state index in [0.29, 0.717) is 6.54 Å². The number of amides is 1. The molecule has 0 aliphatic heterocycles. The molecule has 0 unspecified atom stereocenters. The standard InChI is InChI=1S/C13H13FN4O/c1-15-12-11(14)10(4-7-17-12)13(19)18-8-9-2-5-16-6-3-9/h2-7H,8H2,1H3,(H,15,17)(H,18,19). The van der Waals surface area contributed by atoms with Crippen molar-refractivity contribution in [2.75, 3.05) is 12.4 Å². The molecule has 2 rings (SSSR count). The number of halogens is 1. The number of carbonyl (C=O) groups excluding carboxylic acids is 1. The molecule has 5 nitrogen and oxygen atoms in total. The van der Waals surface area contributed by atoms with Gasteiger partial charge in [0, 0.05) is 32.2 Å². The molecular weight excluding hydrogens is 247 g/mol. The molecule has 0 radical (unpaired) electrons. The maximum atomic E-state index is 13.9. The molecule has 0 aliphatic rings. The Labute approximate surface area is 109 Å². The lowest BCUT2D eigenvalue weighted by Crippen LogP contribution is -2.24. The van der Waals surface area contributed by atoms with Crippen molar-refractivity contribution in [1.29, 1.82) is 0 Å². The highest BCUT2D eigenvalue weighted by Gasteiger charge is 2.14. The second kappa shape index (κ2) is 5.90. The van der Waals surface area contributed by atoms with Crippen LogP contribution in [0.5, 0.6) is 0 Å². The number of hydrogen-bond acceptors (Lipinski definition) is 4. The predicted molar refractivity (Wildman–Crippen MR) is 69.1 cm³/mol. The van der Waals surface area contributed by atoms with E-state index in [9.17, 15) is 9.18 Å². The van der Waals surface area contributed by atoms with Gasteiger partial charge in [-0.2, -0.15) is 0 Å². The molecule has 2 aromatic rings. The quantitative estimate of drug-likeness (QED) is 0.876. The molecule has 1 amide bonds. The fourth-order valence-electron chi connectivity index (χ4n) is 1.57. The third-order valence-electron chi connectivity index (χ3n) is 2.57. The summed E-state index contributed by atoms with van der Waals surface area (Å²) in [5, 5.41) is 5.24. The van der Waals surface area contributed by atoms with Crippen LogP contribution in [0.4, 0.5) is 10.2 Å². The summed E-state index contributed by atoms with van der Waals surface area (Å²) in [6.45, 7) is 0.317. The van der Waals surface area contributed by atoms with Crippen molar-refractivity contribution < 1.29 is 9.18 Å². The summed E-state index contributed by atoms with van der Waals surface area (Å²) < 4.78 is 13.9. The van der Waals surface area contributed by atoms with Gasteiger partial charge in [0.05, 0.1) is 5.56 Å². The molecule has 2 N–H and O–H groups in total. The van der Waals surface area contributed by atoms with Gasteiger partial charge in [-0.25, -0.2) is 9.37 Å². The van der Waals surface area contributed by atoms with Crippen LogP contribution >= 0.6 is 0 Å². The van der Waals surface area contributed by atoms with Crippen LogP contribution in [0.2, 0.25) is 0 Å². The lowest BCUT2D eigenvalue weighted by atomic mass is 10.2. The van der Waals surface area contributed by atoms with Gasteiger partial charge < -0.3 is 10.6 Å². The van der Waals surface area contributed by atoms with Crippen LogP contribution in [-0.4, -0.2) is 22.9 Å². The molecule has 0 aromatic carbocycles. The third-order valence-corrected chi connectivity index (χ3v) is 2.57. The van der Waals surface area contributed by atoms with Crippen LogP contribution < -0.4 is 10.6 Å². The average molecular weight is 260 g/mol. The van der Waals surface area contributed by atoms with Crippen molar-refractivity contribution >= 4 is 11.7 Å². The normalized spacial score (nSPS) is 10.0. The Morgan fingerprint density at radius 2 is 2.00 bits per heavy atom. The van der Waals surface area contributed by atoms with E-state index >= 15 is 0 Å². The van der Waals surface area contributed by atoms with Gasteiger partial charge in [0.25, 0.3) is 5.91 Å². The highest BCUT2D eigenvalue weighted by Crippen LogP contribution is 2.14. The Kier molecular flexibility index (Phi) is 4.02. The van der Waals surface area contributed by atoms with Crippen LogP contribution in [0.25, 0.3) is 0 Å². The fourth-order valence-corrected chi connectivity index (χ4v) is 1.57. The zero-order chi connectivity index (χ0) is 13.7. The minimum absolute atomic E-state index is 0.0339. The highest BCUT2D eigenvalue weighted by atomic mass is 19.1. The average Bonchev–Trinajstić information content (AvgIpc) is 2.46. The first kappa shape index (κ1) is 12.9. The van der Waals surface area contributed by atoms with Gasteiger partial charge in [-0.15, -0.1) is 0 Å². The summed E-state index contributed by atoms with van der Waals surface area (Å²) in [6, 6.07) is 4.91. The second-order valence-electron chi connectivity index (χ2n) is 3.81. The van der Waals surface area contributed by atoms with E-state index in [-0.39, 0.29) is 11.4 Å².